The minimum Gasteiger partial charge on any atom is -0.490 e. The summed E-state index contributed by atoms with van der Waals surface area (Å²) in [6, 6.07) is 12.3. The zero-order chi connectivity index (χ0) is 15.9. The molecule has 2 aromatic rings. The summed E-state index contributed by atoms with van der Waals surface area (Å²) >= 11 is 3.54. The van der Waals surface area contributed by atoms with Crippen LogP contribution in [0.25, 0.3) is 0 Å². The Hall–Kier alpha value is -1.52. The Morgan fingerprint density at radius 3 is 2.27 bits per heavy atom. The van der Waals surface area contributed by atoms with Gasteiger partial charge in [-0.25, -0.2) is 0 Å². The molecule has 0 bridgehead atoms. The minimum atomic E-state index is 0.511. The first-order chi connectivity index (χ1) is 10.6. The number of ether oxygens (including phenoxy) is 2. The van der Waals surface area contributed by atoms with Crippen LogP contribution in [0.1, 0.15) is 16.7 Å². The van der Waals surface area contributed by atoms with Crippen molar-refractivity contribution in [3.05, 3.63) is 57.6 Å². The molecule has 4 heteroatoms. The van der Waals surface area contributed by atoms with Gasteiger partial charge in [0.25, 0.3) is 0 Å². The van der Waals surface area contributed by atoms with Crippen LogP contribution < -0.4 is 14.8 Å². The van der Waals surface area contributed by atoms with Gasteiger partial charge in [0.05, 0.1) is 4.47 Å². The molecule has 2 rings (SSSR count). The Morgan fingerprint density at radius 2 is 1.64 bits per heavy atom. The van der Waals surface area contributed by atoms with Crippen molar-refractivity contribution in [2.45, 2.75) is 20.4 Å². The molecule has 0 amide bonds. The Kier molecular flexibility index (Phi) is 6.28. The lowest BCUT2D eigenvalue weighted by Gasteiger charge is -2.11. The van der Waals surface area contributed by atoms with Gasteiger partial charge in [0.15, 0.2) is 0 Å². The largest absolute Gasteiger partial charge is 0.490 e. The average molecular weight is 364 g/mol. The van der Waals surface area contributed by atoms with Crippen molar-refractivity contribution in [3.63, 3.8) is 0 Å². The van der Waals surface area contributed by atoms with Crippen LogP contribution in [0.3, 0.4) is 0 Å². The minimum absolute atomic E-state index is 0.511. The predicted molar refractivity (Wildman–Crippen MR) is 93.8 cm³/mol. The number of aryl methyl sites for hydroxylation is 2. The molecule has 0 unspecified atom stereocenters. The first-order valence-corrected chi connectivity index (χ1v) is 8.14. The summed E-state index contributed by atoms with van der Waals surface area (Å²) in [6.45, 7) is 6.01. The second kappa shape index (κ2) is 8.20. The van der Waals surface area contributed by atoms with Gasteiger partial charge >= 0.3 is 0 Å². The smallest absolute Gasteiger partial charge is 0.133 e. The van der Waals surface area contributed by atoms with E-state index in [0.29, 0.717) is 13.2 Å². The van der Waals surface area contributed by atoms with E-state index in [9.17, 15) is 0 Å². The molecule has 0 saturated carbocycles. The number of hydrogen-bond acceptors (Lipinski definition) is 3. The van der Waals surface area contributed by atoms with Crippen LogP contribution in [0.15, 0.2) is 40.9 Å². The lowest BCUT2D eigenvalue weighted by Crippen LogP contribution is -2.10. The molecule has 0 heterocycles. The summed E-state index contributed by atoms with van der Waals surface area (Å²) in [5, 5.41) is 3.13. The zero-order valence-corrected chi connectivity index (χ0v) is 14.9. The molecule has 3 nitrogen and oxygen atoms in total. The molecular weight excluding hydrogens is 342 g/mol. The number of hydrogen-bond donors (Lipinski definition) is 1. The maximum atomic E-state index is 5.76. The fourth-order valence-corrected chi connectivity index (χ4v) is 2.84. The quantitative estimate of drug-likeness (QED) is 0.746. The van der Waals surface area contributed by atoms with Gasteiger partial charge in [-0.3, -0.25) is 0 Å². The molecule has 1 N–H and O–H groups in total. The second-order valence-corrected chi connectivity index (χ2v) is 6.17. The Morgan fingerprint density at radius 1 is 0.955 bits per heavy atom. The molecule has 0 radical (unpaired) electrons. The van der Waals surface area contributed by atoms with Gasteiger partial charge in [0.1, 0.15) is 24.7 Å². The fraction of sp³-hybridized carbons (Fsp3) is 0.333. The number of benzene rings is 2. The molecule has 0 atom stereocenters. The molecule has 0 aromatic heterocycles. The van der Waals surface area contributed by atoms with Gasteiger partial charge in [-0.2, -0.15) is 0 Å². The molecule has 2 aromatic carbocycles. The first kappa shape index (κ1) is 16.8. The number of rotatable bonds is 7. The third kappa shape index (κ3) is 5.04. The topological polar surface area (TPSA) is 30.5 Å². The van der Waals surface area contributed by atoms with Gasteiger partial charge in [0, 0.05) is 6.54 Å². The lowest BCUT2D eigenvalue weighted by atomic mass is 10.1. The zero-order valence-electron chi connectivity index (χ0n) is 13.3. The van der Waals surface area contributed by atoms with Crippen LogP contribution >= 0.6 is 15.9 Å². The first-order valence-electron chi connectivity index (χ1n) is 7.35. The summed E-state index contributed by atoms with van der Waals surface area (Å²) in [5.41, 5.74) is 3.63. The van der Waals surface area contributed by atoms with E-state index in [4.69, 9.17) is 9.47 Å². The van der Waals surface area contributed by atoms with Gasteiger partial charge in [-0.05, 0) is 77.8 Å². The van der Waals surface area contributed by atoms with Crippen molar-refractivity contribution in [1.29, 1.82) is 0 Å². The summed E-state index contributed by atoms with van der Waals surface area (Å²) in [4.78, 5) is 0. The van der Waals surface area contributed by atoms with E-state index in [0.717, 1.165) is 22.5 Å². The highest BCUT2D eigenvalue weighted by atomic mass is 79.9. The van der Waals surface area contributed by atoms with Crippen molar-refractivity contribution in [2.75, 3.05) is 20.3 Å². The van der Waals surface area contributed by atoms with Crippen LogP contribution in [0.2, 0.25) is 0 Å². The van der Waals surface area contributed by atoms with Crippen molar-refractivity contribution < 1.29 is 9.47 Å². The summed E-state index contributed by atoms with van der Waals surface area (Å²) in [7, 11) is 1.93. The highest BCUT2D eigenvalue weighted by molar-refractivity contribution is 9.10. The van der Waals surface area contributed by atoms with Crippen LogP contribution in [0.4, 0.5) is 0 Å². The molecule has 0 saturated heterocycles. The van der Waals surface area contributed by atoms with Crippen LogP contribution in [0, 0.1) is 13.8 Å². The second-order valence-electron chi connectivity index (χ2n) is 5.32. The van der Waals surface area contributed by atoms with E-state index in [1.54, 1.807) is 0 Å². The maximum Gasteiger partial charge on any atom is 0.133 e. The van der Waals surface area contributed by atoms with Crippen LogP contribution in [-0.4, -0.2) is 20.3 Å². The van der Waals surface area contributed by atoms with E-state index in [1.165, 1.54) is 16.7 Å². The predicted octanol–water partition coefficient (Wildman–Crippen LogP) is 4.24. The normalized spacial score (nSPS) is 10.5. The Bertz CT molecular complexity index is 608. The van der Waals surface area contributed by atoms with E-state index < -0.39 is 0 Å². The van der Waals surface area contributed by atoms with E-state index in [2.05, 4.69) is 53.3 Å². The van der Waals surface area contributed by atoms with Crippen molar-refractivity contribution in [2.24, 2.45) is 0 Å². The van der Waals surface area contributed by atoms with E-state index in [1.807, 2.05) is 25.2 Å². The third-order valence-corrected chi connectivity index (χ3v) is 3.80. The third-order valence-electron chi connectivity index (χ3n) is 3.18. The fourth-order valence-electron chi connectivity index (χ4n) is 2.30. The van der Waals surface area contributed by atoms with Crippen molar-refractivity contribution >= 4 is 15.9 Å². The number of halogens is 1. The van der Waals surface area contributed by atoms with Gasteiger partial charge < -0.3 is 14.8 Å². The molecule has 0 aliphatic rings. The number of nitrogens with one attached hydrogen (secondary N) is 1. The van der Waals surface area contributed by atoms with Gasteiger partial charge in [-0.15, -0.1) is 0 Å². The highest BCUT2D eigenvalue weighted by Crippen LogP contribution is 2.26. The summed E-state index contributed by atoms with van der Waals surface area (Å²) in [5.74, 6) is 1.73. The highest BCUT2D eigenvalue weighted by Gasteiger charge is 2.03. The average Bonchev–Trinajstić information content (AvgIpc) is 2.45. The molecule has 0 aliphatic carbocycles. The molecule has 0 spiro atoms. The summed E-state index contributed by atoms with van der Waals surface area (Å²) in [6.07, 6.45) is 0. The monoisotopic (exact) mass is 363 g/mol. The van der Waals surface area contributed by atoms with E-state index in [-0.39, 0.29) is 0 Å². The molecule has 0 aliphatic heterocycles. The molecular formula is C18H22BrNO2. The van der Waals surface area contributed by atoms with Crippen LogP contribution in [-0.2, 0) is 6.54 Å². The van der Waals surface area contributed by atoms with Gasteiger partial charge in [-0.1, -0.05) is 12.1 Å². The van der Waals surface area contributed by atoms with Crippen molar-refractivity contribution in [1.82, 2.24) is 5.32 Å². The Balaban J connectivity index is 1.83. The van der Waals surface area contributed by atoms with Gasteiger partial charge in [0.2, 0.25) is 0 Å². The van der Waals surface area contributed by atoms with Crippen LogP contribution in [0.5, 0.6) is 11.5 Å². The molecule has 118 valence electrons. The standard InChI is InChI=1S/C18H22BrNO2/c1-13-8-14(2)10-16(9-13)21-6-7-22-18-5-4-15(12-20-3)11-17(18)19/h4-5,8-11,20H,6-7,12H2,1-3H3. The maximum absolute atomic E-state index is 5.76. The van der Waals surface area contributed by atoms with Crippen molar-refractivity contribution in [3.8, 4) is 11.5 Å². The summed E-state index contributed by atoms with van der Waals surface area (Å²) < 4.78 is 12.5. The molecule has 22 heavy (non-hydrogen) atoms. The Labute approximate surface area is 140 Å². The van der Waals surface area contributed by atoms with E-state index >= 15 is 0 Å². The molecule has 0 fully saturated rings. The SMILES string of the molecule is CNCc1ccc(OCCOc2cc(C)cc(C)c2)c(Br)c1. The lowest BCUT2D eigenvalue weighted by molar-refractivity contribution is 0.216.